The number of aromatic nitrogens is 3. The van der Waals surface area contributed by atoms with E-state index in [0.29, 0.717) is 6.04 Å². The van der Waals surface area contributed by atoms with Gasteiger partial charge in [-0.25, -0.2) is 4.98 Å². The van der Waals surface area contributed by atoms with Gasteiger partial charge in [0.25, 0.3) is 0 Å². The Balaban J connectivity index is 2.00. The van der Waals surface area contributed by atoms with Crippen LogP contribution in [-0.2, 0) is 13.0 Å². The molecule has 1 saturated carbocycles. The molecule has 0 amide bonds. The predicted octanol–water partition coefficient (Wildman–Crippen LogP) is 3.04. The van der Waals surface area contributed by atoms with Crippen LogP contribution in [0.2, 0.25) is 0 Å². The minimum atomic E-state index is 0.582. The molecule has 1 heterocycles. The zero-order chi connectivity index (χ0) is 14.4. The van der Waals surface area contributed by atoms with Crippen molar-refractivity contribution >= 4 is 0 Å². The first-order valence-corrected chi connectivity index (χ1v) is 8.30. The normalized spacial score (nSPS) is 24.0. The molecule has 1 aromatic heterocycles. The van der Waals surface area contributed by atoms with E-state index >= 15 is 0 Å². The van der Waals surface area contributed by atoms with Crippen molar-refractivity contribution in [2.75, 3.05) is 6.54 Å². The molecule has 0 radical (unpaired) electrons. The second-order valence-corrected chi connectivity index (χ2v) is 6.42. The van der Waals surface area contributed by atoms with Crippen LogP contribution in [0.3, 0.4) is 0 Å². The number of hydrogen-bond donors (Lipinski definition) is 1. The molecule has 4 heteroatoms. The van der Waals surface area contributed by atoms with Crippen LogP contribution in [0.1, 0.15) is 58.7 Å². The maximum atomic E-state index is 4.47. The molecule has 1 N–H and O–H groups in total. The number of rotatable bonds is 6. The molecule has 20 heavy (non-hydrogen) atoms. The van der Waals surface area contributed by atoms with E-state index in [1.807, 2.05) is 0 Å². The van der Waals surface area contributed by atoms with Crippen LogP contribution in [0.25, 0.3) is 0 Å². The molecular weight excluding hydrogens is 248 g/mol. The van der Waals surface area contributed by atoms with Gasteiger partial charge in [0.15, 0.2) is 0 Å². The van der Waals surface area contributed by atoms with Gasteiger partial charge < -0.3 is 5.32 Å². The zero-order valence-electron chi connectivity index (χ0n) is 13.3. The zero-order valence-corrected chi connectivity index (χ0v) is 13.3. The first-order valence-electron chi connectivity index (χ1n) is 8.30. The van der Waals surface area contributed by atoms with Crippen molar-refractivity contribution in [3.8, 4) is 0 Å². The molecule has 4 nitrogen and oxygen atoms in total. The third kappa shape index (κ3) is 4.30. The lowest BCUT2D eigenvalue weighted by Crippen LogP contribution is -2.33. The van der Waals surface area contributed by atoms with Crippen LogP contribution in [0.4, 0.5) is 0 Å². The van der Waals surface area contributed by atoms with E-state index in [0.717, 1.165) is 31.3 Å². The van der Waals surface area contributed by atoms with Crippen LogP contribution in [0.15, 0.2) is 6.33 Å². The summed E-state index contributed by atoms with van der Waals surface area (Å²) in [6, 6.07) is 0.582. The Bertz CT molecular complexity index is 386. The summed E-state index contributed by atoms with van der Waals surface area (Å²) in [5.41, 5.74) is 0. The molecule has 114 valence electrons. The standard InChI is InChI=1S/C16H30N4/c1-4-20-16(18-12-19-20)10-14-8-6-5-7-9-15(14)11-17-13(2)3/h12-15,17H,4-11H2,1-3H3. The monoisotopic (exact) mass is 278 g/mol. The van der Waals surface area contributed by atoms with Gasteiger partial charge >= 0.3 is 0 Å². The second-order valence-electron chi connectivity index (χ2n) is 6.42. The smallest absolute Gasteiger partial charge is 0.138 e. The number of nitrogens with one attached hydrogen (secondary N) is 1. The summed E-state index contributed by atoms with van der Waals surface area (Å²) in [5.74, 6) is 2.73. The highest BCUT2D eigenvalue weighted by molar-refractivity contribution is 4.90. The Morgan fingerprint density at radius 2 is 2.00 bits per heavy atom. The average Bonchev–Trinajstić information content (AvgIpc) is 2.75. The summed E-state index contributed by atoms with van der Waals surface area (Å²) in [4.78, 5) is 4.47. The Kier molecular flexibility index (Phi) is 6.02. The molecule has 0 spiro atoms. The van der Waals surface area contributed by atoms with Crippen LogP contribution in [0.5, 0.6) is 0 Å². The maximum absolute atomic E-state index is 4.47. The SMILES string of the molecule is CCn1ncnc1CC1CCCCCC1CNC(C)C. The third-order valence-electron chi connectivity index (χ3n) is 4.54. The molecule has 1 aromatic rings. The molecule has 0 aliphatic heterocycles. The van der Waals surface area contributed by atoms with Gasteiger partial charge in [0.05, 0.1) is 0 Å². The Labute approximate surface area is 123 Å². The van der Waals surface area contributed by atoms with Crippen molar-refractivity contribution in [1.29, 1.82) is 0 Å². The molecular formula is C16H30N4. The Hall–Kier alpha value is -0.900. The van der Waals surface area contributed by atoms with Crippen LogP contribution in [-0.4, -0.2) is 27.4 Å². The fraction of sp³-hybridized carbons (Fsp3) is 0.875. The number of aryl methyl sites for hydroxylation is 1. The van der Waals surface area contributed by atoms with Crippen molar-refractivity contribution in [3.05, 3.63) is 12.2 Å². The second kappa shape index (κ2) is 7.77. The lowest BCUT2D eigenvalue weighted by atomic mass is 9.85. The van der Waals surface area contributed by atoms with Gasteiger partial charge in [-0.05, 0) is 38.1 Å². The highest BCUT2D eigenvalue weighted by Gasteiger charge is 2.25. The molecule has 2 rings (SSSR count). The quantitative estimate of drug-likeness (QED) is 0.813. The van der Waals surface area contributed by atoms with Gasteiger partial charge in [0.1, 0.15) is 12.2 Å². The largest absolute Gasteiger partial charge is 0.314 e. The average molecular weight is 278 g/mol. The Morgan fingerprint density at radius 1 is 1.25 bits per heavy atom. The topological polar surface area (TPSA) is 42.7 Å². The summed E-state index contributed by atoms with van der Waals surface area (Å²) in [6.45, 7) is 8.70. The lowest BCUT2D eigenvalue weighted by molar-refractivity contribution is 0.284. The van der Waals surface area contributed by atoms with E-state index < -0.39 is 0 Å². The van der Waals surface area contributed by atoms with E-state index in [9.17, 15) is 0 Å². The van der Waals surface area contributed by atoms with E-state index in [1.54, 1.807) is 6.33 Å². The van der Waals surface area contributed by atoms with Gasteiger partial charge in [0, 0.05) is 19.0 Å². The summed E-state index contributed by atoms with van der Waals surface area (Å²) in [7, 11) is 0. The van der Waals surface area contributed by atoms with Gasteiger partial charge in [-0.2, -0.15) is 5.10 Å². The summed E-state index contributed by atoms with van der Waals surface area (Å²) < 4.78 is 2.05. The molecule has 0 aromatic carbocycles. The summed E-state index contributed by atoms with van der Waals surface area (Å²) in [5, 5.41) is 7.95. The minimum Gasteiger partial charge on any atom is -0.314 e. The maximum Gasteiger partial charge on any atom is 0.138 e. The van der Waals surface area contributed by atoms with Crippen molar-refractivity contribution < 1.29 is 0 Å². The fourth-order valence-corrected chi connectivity index (χ4v) is 3.33. The fourth-order valence-electron chi connectivity index (χ4n) is 3.33. The van der Waals surface area contributed by atoms with Crippen molar-refractivity contribution in [2.24, 2.45) is 11.8 Å². The van der Waals surface area contributed by atoms with Gasteiger partial charge in [-0.15, -0.1) is 0 Å². The highest BCUT2D eigenvalue weighted by atomic mass is 15.3. The minimum absolute atomic E-state index is 0.582. The highest BCUT2D eigenvalue weighted by Crippen LogP contribution is 2.30. The number of hydrogen-bond acceptors (Lipinski definition) is 3. The van der Waals surface area contributed by atoms with Gasteiger partial charge in [0.2, 0.25) is 0 Å². The molecule has 1 aliphatic rings. The van der Waals surface area contributed by atoms with E-state index in [4.69, 9.17) is 0 Å². The van der Waals surface area contributed by atoms with Crippen molar-refractivity contribution in [1.82, 2.24) is 20.1 Å². The first kappa shape index (κ1) is 15.5. The van der Waals surface area contributed by atoms with Crippen LogP contribution < -0.4 is 5.32 Å². The van der Waals surface area contributed by atoms with Gasteiger partial charge in [-0.3, -0.25) is 4.68 Å². The molecule has 1 aliphatic carbocycles. The van der Waals surface area contributed by atoms with E-state index in [-0.39, 0.29) is 0 Å². The first-order chi connectivity index (χ1) is 9.70. The predicted molar refractivity (Wildman–Crippen MR) is 82.6 cm³/mol. The Morgan fingerprint density at radius 3 is 2.70 bits per heavy atom. The summed E-state index contributed by atoms with van der Waals surface area (Å²) >= 11 is 0. The van der Waals surface area contributed by atoms with Gasteiger partial charge in [-0.1, -0.05) is 33.1 Å². The molecule has 0 bridgehead atoms. The number of nitrogens with zero attached hydrogens (tertiary/aromatic N) is 3. The molecule has 2 atom stereocenters. The van der Waals surface area contributed by atoms with E-state index in [1.165, 1.54) is 37.9 Å². The molecule has 2 unspecified atom stereocenters. The van der Waals surface area contributed by atoms with Crippen LogP contribution in [0, 0.1) is 11.8 Å². The van der Waals surface area contributed by atoms with E-state index in [2.05, 4.69) is 40.9 Å². The molecule has 0 saturated heterocycles. The molecule has 1 fully saturated rings. The van der Waals surface area contributed by atoms with Crippen molar-refractivity contribution in [2.45, 2.75) is 71.9 Å². The van der Waals surface area contributed by atoms with Crippen LogP contribution >= 0.6 is 0 Å². The summed E-state index contributed by atoms with van der Waals surface area (Å²) in [6.07, 6.45) is 9.68. The lowest BCUT2D eigenvalue weighted by Gasteiger charge is -2.26. The third-order valence-corrected chi connectivity index (χ3v) is 4.54. The van der Waals surface area contributed by atoms with Crippen molar-refractivity contribution in [3.63, 3.8) is 0 Å².